The Morgan fingerprint density at radius 2 is 1.22 bits per heavy atom. The first kappa shape index (κ1) is 22.2. The van der Waals surface area contributed by atoms with Crippen LogP contribution in [0.5, 0.6) is 0 Å². The molecule has 0 aliphatic heterocycles. The molecule has 0 fully saturated rings. The highest BCUT2D eigenvalue weighted by molar-refractivity contribution is 6.09. The number of benzene rings is 5. The largest absolute Gasteiger partial charge is 0.456 e. The third kappa shape index (κ3) is 3.23. The second kappa shape index (κ2) is 8.41. The predicted molar refractivity (Wildman–Crippen MR) is 165 cm³/mol. The summed E-state index contributed by atoms with van der Waals surface area (Å²) in [6, 6.07) is 41.9. The lowest BCUT2D eigenvalue weighted by atomic mass is 10.1. The van der Waals surface area contributed by atoms with Gasteiger partial charge in [-0.15, -0.1) is 0 Å². The molecule has 9 rings (SSSR count). The third-order valence-corrected chi connectivity index (χ3v) is 8.01. The number of hydrogen-bond acceptors (Lipinski definition) is 3. The van der Waals surface area contributed by atoms with Gasteiger partial charge in [-0.25, -0.2) is 9.97 Å². The molecule has 0 saturated carbocycles. The molecule has 0 unspecified atom stereocenters. The predicted octanol–water partition coefficient (Wildman–Crippen LogP) is 9.06. The van der Waals surface area contributed by atoms with Crippen LogP contribution in [0.15, 0.2) is 138 Å². The van der Waals surface area contributed by atoms with Crippen LogP contribution in [0.3, 0.4) is 0 Å². The van der Waals surface area contributed by atoms with Crippen molar-refractivity contribution in [2.75, 3.05) is 0 Å². The van der Waals surface area contributed by atoms with Crippen molar-refractivity contribution in [2.24, 2.45) is 0 Å². The second-order valence-electron chi connectivity index (χ2n) is 10.3. The van der Waals surface area contributed by atoms with Crippen LogP contribution in [-0.4, -0.2) is 18.9 Å². The smallest absolute Gasteiger partial charge is 0.182 e. The van der Waals surface area contributed by atoms with Crippen molar-refractivity contribution in [2.45, 2.75) is 0 Å². The summed E-state index contributed by atoms with van der Waals surface area (Å²) >= 11 is 0. The molecule has 4 heterocycles. The van der Waals surface area contributed by atoms with Gasteiger partial charge in [0.05, 0.1) is 28.6 Å². The highest BCUT2D eigenvalue weighted by Gasteiger charge is 2.20. The number of furan rings is 1. The molecule has 0 aliphatic rings. The van der Waals surface area contributed by atoms with Crippen molar-refractivity contribution in [3.05, 3.63) is 134 Å². The number of rotatable bonds is 3. The Morgan fingerprint density at radius 3 is 2.00 bits per heavy atom. The van der Waals surface area contributed by atoms with Crippen LogP contribution in [0.1, 0.15) is 0 Å². The molecule has 0 aliphatic carbocycles. The lowest BCUT2D eigenvalue weighted by Crippen LogP contribution is -2.04. The molecule has 5 heteroatoms. The highest BCUT2D eigenvalue weighted by atomic mass is 16.3. The molecule has 0 bridgehead atoms. The minimum atomic E-state index is 0.784. The summed E-state index contributed by atoms with van der Waals surface area (Å²) in [5.74, 6) is 0.784. The first-order valence-corrected chi connectivity index (χ1v) is 13.7. The summed E-state index contributed by atoms with van der Waals surface area (Å²) in [4.78, 5) is 10.3. The van der Waals surface area contributed by atoms with E-state index in [2.05, 4.69) is 112 Å². The Morgan fingerprint density at radius 1 is 0.561 bits per heavy atom. The first-order valence-electron chi connectivity index (χ1n) is 13.7. The van der Waals surface area contributed by atoms with Gasteiger partial charge in [0, 0.05) is 38.9 Å². The first-order chi connectivity index (χ1) is 20.3. The zero-order valence-electron chi connectivity index (χ0n) is 21.9. The van der Waals surface area contributed by atoms with Gasteiger partial charge in [-0.05, 0) is 30.3 Å². The zero-order valence-corrected chi connectivity index (χ0v) is 21.9. The van der Waals surface area contributed by atoms with E-state index in [0.29, 0.717) is 0 Å². The lowest BCUT2D eigenvalue weighted by Gasteiger charge is -2.12. The van der Waals surface area contributed by atoms with Crippen molar-refractivity contribution in [1.82, 2.24) is 18.9 Å². The minimum absolute atomic E-state index is 0.784. The molecule has 5 nitrogen and oxygen atoms in total. The Bertz CT molecular complexity index is 2370. The van der Waals surface area contributed by atoms with Crippen molar-refractivity contribution < 1.29 is 4.42 Å². The molecule has 41 heavy (non-hydrogen) atoms. The normalized spacial score (nSPS) is 11.9. The summed E-state index contributed by atoms with van der Waals surface area (Å²) in [7, 11) is 0. The monoisotopic (exact) mass is 526 g/mol. The molecule has 192 valence electrons. The number of imidazole rings is 1. The fraction of sp³-hybridized carbons (Fsp3) is 0. The molecule has 0 saturated heterocycles. The Labute approximate surface area is 234 Å². The van der Waals surface area contributed by atoms with Crippen molar-refractivity contribution in [3.63, 3.8) is 0 Å². The van der Waals surface area contributed by atoms with Crippen molar-refractivity contribution in [3.8, 4) is 28.3 Å². The molecule has 0 radical (unpaired) electrons. The Balaban J connectivity index is 1.38. The second-order valence-corrected chi connectivity index (χ2v) is 10.3. The fourth-order valence-electron chi connectivity index (χ4n) is 6.12. The molecular weight excluding hydrogens is 504 g/mol. The average Bonchev–Trinajstić information content (AvgIpc) is 3.72. The molecule has 0 spiro atoms. The van der Waals surface area contributed by atoms with E-state index < -0.39 is 0 Å². The van der Waals surface area contributed by atoms with E-state index in [4.69, 9.17) is 14.4 Å². The summed E-state index contributed by atoms with van der Waals surface area (Å²) in [6.07, 6.45) is 4.03. The van der Waals surface area contributed by atoms with Crippen LogP contribution in [-0.2, 0) is 0 Å². The van der Waals surface area contributed by atoms with Crippen LogP contribution >= 0.6 is 0 Å². The number of hydrogen-bond donors (Lipinski definition) is 0. The molecule has 0 N–H and O–H groups in total. The standard InChI is InChI=1S/C36H22N4O/c1-2-10-23(11-3-1)32-21-37-35-36(40-30-15-7-4-12-25(30)26-13-5-8-16-31(26)40)38-29(22-39(32)35)24-18-19-28-27-14-6-9-17-33(27)41-34(28)20-24/h1-22H. The summed E-state index contributed by atoms with van der Waals surface area (Å²) in [5.41, 5.74) is 8.64. The minimum Gasteiger partial charge on any atom is -0.456 e. The van der Waals surface area contributed by atoms with Gasteiger partial charge in [-0.2, -0.15) is 0 Å². The van der Waals surface area contributed by atoms with Crippen molar-refractivity contribution in [1.29, 1.82) is 0 Å². The van der Waals surface area contributed by atoms with Gasteiger partial charge in [-0.1, -0.05) is 91.0 Å². The van der Waals surface area contributed by atoms with Crippen LogP contribution in [0, 0.1) is 0 Å². The van der Waals surface area contributed by atoms with E-state index in [1.165, 1.54) is 10.8 Å². The molecule has 9 aromatic rings. The van der Waals surface area contributed by atoms with Crippen molar-refractivity contribution >= 4 is 49.4 Å². The van der Waals surface area contributed by atoms with E-state index in [9.17, 15) is 0 Å². The Kier molecular flexibility index (Phi) is 4.55. The maximum absolute atomic E-state index is 6.25. The topological polar surface area (TPSA) is 48.3 Å². The summed E-state index contributed by atoms with van der Waals surface area (Å²) in [5, 5.41) is 4.59. The summed E-state index contributed by atoms with van der Waals surface area (Å²) in [6.45, 7) is 0. The quantitative estimate of drug-likeness (QED) is 0.231. The number of aromatic nitrogens is 4. The fourth-order valence-corrected chi connectivity index (χ4v) is 6.12. The number of fused-ring (bicyclic) bond motifs is 7. The van der Waals surface area contributed by atoms with Gasteiger partial charge >= 0.3 is 0 Å². The zero-order chi connectivity index (χ0) is 26.9. The average molecular weight is 527 g/mol. The van der Waals surface area contributed by atoms with Gasteiger partial charge in [-0.3, -0.25) is 8.97 Å². The van der Waals surface area contributed by atoms with Gasteiger partial charge in [0.25, 0.3) is 0 Å². The Hall–Kier alpha value is -5.68. The van der Waals surface area contributed by atoms with Gasteiger partial charge in [0.15, 0.2) is 11.5 Å². The number of nitrogens with zero attached hydrogens (tertiary/aromatic N) is 4. The van der Waals surface area contributed by atoms with Gasteiger partial charge in [0.2, 0.25) is 0 Å². The van der Waals surface area contributed by atoms with E-state index in [1.54, 1.807) is 0 Å². The van der Waals surface area contributed by atoms with Gasteiger partial charge in [0.1, 0.15) is 11.2 Å². The van der Waals surface area contributed by atoms with E-state index >= 15 is 0 Å². The molecule has 5 aromatic carbocycles. The van der Waals surface area contributed by atoms with Crippen LogP contribution < -0.4 is 0 Å². The third-order valence-electron chi connectivity index (χ3n) is 8.01. The molecule has 0 amide bonds. The SMILES string of the molecule is c1ccc(-c2cnc3c(-n4c5ccccc5c5ccccc54)nc(-c4ccc5c(c4)oc4ccccc45)cn23)cc1. The lowest BCUT2D eigenvalue weighted by molar-refractivity contribution is 0.669. The van der Waals surface area contributed by atoms with Crippen LogP contribution in [0.25, 0.3) is 77.7 Å². The highest BCUT2D eigenvalue weighted by Crippen LogP contribution is 2.36. The van der Waals surface area contributed by atoms with E-state index in [1.807, 2.05) is 30.5 Å². The van der Waals surface area contributed by atoms with Gasteiger partial charge < -0.3 is 4.42 Å². The van der Waals surface area contributed by atoms with E-state index in [-0.39, 0.29) is 0 Å². The maximum atomic E-state index is 6.25. The maximum Gasteiger partial charge on any atom is 0.182 e. The van der Waals surface area contributed by atoms with Crippen LogP contribution in [0.2, 0.25) is 0 Å². The molecule has 4 aromatic heterocycles. The molecule has 0 atom stereocenters. The van der Waals surface area contributed by atoms with Crippen LogP contribution in [0.4, 0.5) is 0 Å². The van der Waals surface area contributed by atoms with E-state index in [0.717, 1.165) is 67.0 Å². The number of para-hydroxylation sites is 3. The summed E-state index contributed by atoms with van der Waals surface area (Å²) < 4.78 is 10.7. The molecular formula is C36H22N4O.